The van der Waals surface area contributed by atoms with Gasteiger partial charge in [0.15, 0.2) is 0 Å². The van der Waals surface area contributed by atoms with Crippen LogP contribution in [0.5, 0.6) is 0 Å². The summed E-state index contributed by atoms with van der Waals surface area (Å²) in [6.45, 7) is 0. The van der Waals surface area contributed by atoms with Gasteiger partial charge < -0.3 is 4.90 Å². The largest absolute Gasteiger partial charge is 0.311 e. The number of imidazole rings is 1. The Kier molecular flexibility index (Phi) is 7.28. The van der Waals surface area contributed by atoms with E-state index in [-0.39, 0.29) is 0 Å². The smallest absolute Gasteiger partial charge is 0.146 e. The van der Waals surface area contributed by atoms with Gasteiger partial charge in [0.25, 0.3) is 0 Å². The highest BCUT2D eigenvalue weighted by molar-refractivity contribution is 6.13. The molecule has 2 aromatic heterocycles. The number of hydrogen-bond acceptors (Lipinski definition) is 2. The van der Waals surface area contributed by atoms with E-state index in [0.717, 1.165) is 45.6 Å². The fourth-order valence-corrected chi connectivity index (χ4v) is 7.90. The number of pyridine rings is 1. The molecular weight excluding hydrogens is 631 g/mol. The molecule has 0 saturated carbocycles. The zero-order valence-electron chi connectivity index (χ0n) is 28.6. The van der Waals surface area contributed by atoms with Crippen LogP contribution < -0.4 is 4.90 Å². The fraction of sp³-hybridized carbons (Fsp3) is 0.0408. The van der Waals surface area contributed by atoms with E-state index in [9.17, 15) is 0 Å². The van der Waals surface area contributed by atoms with Gasteiger partial charge in [-0.25, -0.2) is 4.98 Å². The van der Waals surface area contributed by atoms with Crippen molar-refractivity contribution in [3.05, 3.63) is 205 Å². The third kappa shape index (κ3) is 5.18. The van der Waals surface area contributed by atoms with Crippen LogP contribution in [0.15, 0.2) is 200 Å². The van der Waals surface area contributed by atoms with Crippen molar-refractivity contribution in [2.24, 2.45) is 0 Å². The number of aromatic nitrogens is 2. The van der Waals surface area contributed by atoms with E-state index >= 15 is 0 Å². The zero-order valence-corrected chi connectivity index (χ0v) is 28.6. The summed E-state index contributed by atoms with van der Waals surface area (Å²) in [5.74, 6) is 0.375. The number of hydrogen-bond donors (Lipinski definition) is 0. The molecule has 246 valence electrons. The molecule has 0 aliphatic heterocycles. The zero-order chi connectivity index (χ0) is 34.4. The van der Waals surface area contributed by atoms with E-state index in [1.54, 1.807) is 0 Å². The molecule has 0 spiro atoms. The van der Waals surface area contributed by atoms with Crippen molar-refractivity contribution in [2.45, 2.75) is 12.3 Å². The number of benzene rings is 7. The van der Waals surface area contributed by atoms with Crippen molar-refractivity contribution in [1.82, 2.24) is 9.38 Å². The molecule has 9 aromatic rings. The minimum absolute atomic E-state index is 0.375. The normalized spacial score (nSPS) is 14.3. The minimum Gasteiger partial charge on any atom is -0.311 e. The first-order valence-electron chi connectivity index (χ1n) is 18.0. The van der Waals surface area contributed by atoms with Crippen molar-refractivity contribution in [2.75, 3.05) is 4.90 Å². The molecule has 1 atom stereocenters. The second-order valence-corrected chi connectivity index (χ2v) is 13.6. The topological polar surface area (TPSA) is 20.5 Å². The summed E-state index contributed by atoms with van der Waals surface area (Å²) in [5, 5.41) is 3.64. The Balaban J connectivity index is 1.02. The van der Waals surface area contributed by atoms with E-state index in [0.29, 0.717) is 5.92 Å². The third-order valence-corrected chi connectivity index (χ3v) is 10.5. The first-order chi connectivity index (χ1) is 25.8. The highest BCUT2D eigenvalue weighted by Gasteiger charge is 2.19. The van der Waals surface area contributed by atoms with Gasteiger partial charge in [-0.05, 0) is 88.2 Å². The molecule has 0 radical (unpaired) electrons. The molecule has 0 N–H and O–H groups in total. The molecule has 3 nitrogen and oxygen atoms in total. The van der Waals surface area contributed by atoms with Crippen LogP contribution in [0.1, 0.15) is 17.9 Å². The monoisotopic (exact) mass is 665 g/mol. The van der Waals surface area contributed by atoms with Crippen LogP contribution >= 0.6 is 0 Å². The van der Waals surface area contributed by atoms with Crippen molar-refractivity contribution in [1.29, 1.82) is 0 Å². The van der Waals surface area contributed by atoms with Crippen LogP contribution in [0.3, 0.4) is 0 Å². The maximum atomic E-state index is 5.22. The molecule has 0 saturated heterocycles. The number of nitrogens with zero attached hydrogens (tertiary/aromatic N) is 3. The first-order valence-corrected chi connectivity index (χ1v) is 18.0. The molecular formula is C49H35N3. The Labute approximate surface area is 303 Å². The average molecular weight is 666 g/mol. The molecule has 0 amide bonds. The molecule has 1 unspecified atom stereocenters. The van der Waals surface area contributed by atoms with E-state index in [1.165, 1.54) is 44.1 Å². The van der Waals surface area contributed by atoms with Crippen LogP contribution in [0.4, 0.5) is 11.4 Å². The molecule has 52 heavy (non-hydrogen) atoms. The standard InChI is InChI=1S/C49H35N3/c1-3-11-34(12-4-1)36-19-26-40(27-20-36)51(41-28-21-37(22-29-41)35-13-5-2-6-14-35)42-30-23-38(24-31-42)39-25-32-48-46(33-39)50-49-45-17-8-7-15-43(45)44-16-9-10-18-47(44)52(48)49/h1-21,23-33,37H,22H2. The Hall–Kier alpha value is -6.71. The summed E-state index contributed by atoms with van der Waals surface area (Å²) in [7, 11) is 0. The molecule has 2 heterocycles. The van der Waals surface area contributed by atoms with Crippen molar-refractivity contribution in [3.8, 4) is 22.3 Å². The van der Waals surface area contributed by atoms with Gasteiger partial charge in [-0.3, -0.25) is 4.40 Å². The Morgan fingerprint density at radius 2 is 1.08 bits per heavy atom. The van der Waals surface area contributed by atoms with E-state index in [4.69, 9.17) is 4.98 Å². The highest BCUT2D eigenvalue weighted by Crippen LogP contribution is 2.38. The lowest BCUT2D eigenvalue weighted by Gasteiger charge is -2.29. The number of allylic oxidation sites excluding steroid dienone is 3. The summed E-state index contributed by atoms with van der Waals surface area (Å²) >= 11 is 0. The second-order valence-electron chi connectivity index (χ2n) is 13.6. The van der Waals surface area contributed by atoms with Gasteiger partial charge in [0.2, 0.25) is 0 Å². The van der Waals surface area contributed by atoms with Crippen molar-refractivity contribution >= 4 is 49.7 Å². The summed E-state index contributed by atoms with van der Waals surface area (Å²) in [4.78, 5) is 7.60. The lowest BCUT2D eigenvalue weighted by atomic mass is 9.91. The van der Waals surface area contributed by atoms with Crippen LogP contribution in [-0.2, 0) is 0 Å². The van der Waals surface area contributed by atoms with Gasteiger partial charge in [0.05, 0.1) is 16.6 Å². The predicted molar refractivity (Wildman–Crippen MR) is 218 cm³/mol. The maximum absolute atomic E-state index is 5.22. The summed E-state index contributed by atoms with van der Waals surface area (Å²) in [6, 6.07) is 63.1. The molecule has 1 aliphatic carbocycles. The lowest BCUT2D eigenvalue weighted by Crippen LogP contribution is -2.17. The van der Waals surface area contributed by atoms with Crippen LogP contribution in [-0.4, -0.2) is 9.38 Å². The number of fused-ring (bicyclic) bond motifs is 8. The van der Waals surface area contributed by atoms with E-state index in [2.05, 4.69) is 203 Å². The molecule has 3 heteroatoms. The quantitative estimate of drug-likeness (QED) is 0.165. The predicted octanol–water partition coefficient (Wildman–Crippen LogP) is 12.9. The van der Waals surface area contributed by atoms with Gasteiger partial charge in [-0.2, -0.15) is 0 Å². The van der Waals surface area contributed by atoms with Gasteiger partial charge in [-0.1, -0.05) is 146 Å². The van der Waals surface area contributed by atoms with E-state index < -0.39 is 0 Å². The first kappa shape index (κ1) is 30.1. The van der Waals surface area contributed by atoms with Crippen LogP contribution in [0.2, 0.25) is 0 Å². The van der Waals surface area contributed by atoms with Crippen LogP contribution in [0.25, 0.3) is 60.6 Å². The maximum Gasteiger partial charge on any atom is 0.146 e. The molecule has 0 fully saturated rings. The summed E-state index contributed by atoms with van der Waals surface area (Å²) < 4.78 is 2.31. The number of rotatable bonds is 6. The highest BCUT2D eigenvalue weighted by atomic mass is 15.1. The Morgan fingerprint density at radius 3 is 1.77 bits per heavy atom. The molecule has 0 bridgehead atoms. The lowest BCUT2D eigenvalue weighted by molar-refractivity contribution is 0.840. The van der Waals surface area contributed by atoms with Gasteiger partial charge >= 0.3 is 0 Å². The second kappa shape index (κ2) is 12.6. The Morgan fingerprint density at radius 1 is 0.500 bits per heavy atom. The Bertz CT molecular complexity index is 2790. The minimum atomic E-state index is 0.375. The summed E-state index contributed by atoms with van der Waals surface area (Å²) in [6.07, 6.45) is 7.96. The van der Waals surface area contributed by atoms with E-state index in [1.807, 2.05) is 0 Å². The molecule has 7 aromatic carbocycles. The molecule has 10 rings (SSSR count). The summed E-state index contributed by atoms with van der Waals surface area (Å²) in [5.41, 5.74) is 13.8. The third-order valence-electron chi connectivity index (χ3n) is 10.5. The van der Waals surface area contributed by atoms with Gasteiger partial charge in [0, 0.05) is 33.8 Å². The average Bonchev–Trinajstić information content (AvgIpc) is 3.62. The van der Waals surface area contributed by atoms with Gasteiger partial charge in [-0.15, -0.1) is 0 Å². The number of anilines is 2. The number of para-hydroxylation sites is 1. The van der Waals surface area contributed by atoms with Crippen molar-refractivity contribution < 1.29 is 0 Å². The van der Waals surface area contributed by atoms with Crippen molar-refractivity contribution in [3.63, 3.8) is 0 Å². The fourth-order valence-electron chi connectivity index (χ4n) is 7.90. The van der Waals surface area contributed by atoms with Crippen LogP contribution in [0, 0.1) is 0 Å². The molecule has 1 aliphatic rings. The van der Waals surface area contributed by atoms with Gasteiger partial charge in [0.1, 0.15) is 5.65 Å². The SMILES string of the molecule is C1=CC(c2ccccc2)CC=C1N(c1ccc(-c2ccccc2)cc1)c1ccc(-c2ccc3c(c2)nc2c4ccccc4c4ccccc4n32)cc1.